The Morgan fingerprint density at radius 1 is 1.47 bits per heavy atom. The van der Waals surface area contributed by atoms with Crippen LogP contribution in [-0.4, -0.2) is 15.8 Å². The minimum atomic E-state index is -0.0813. The molecule has 4 heteroatoms. The second kappa shape index (κ2) is 4.38. The van der Waals surface area contributed by atoms with Gasteiger partial charge in [-0.25, -0.2) is 9.97 Å². The molecule has 82 valence electrons. The zero-order valence-electron chi connectivity index (χ0n) is 9.78. The third-order valence-electron chi connectivity index (χ3n) is 2.01. The Morgan fingerprint density at radius 3 is 2.67 bits per heavy atom. The molecule has 0 aliphatic carbocycles. The first kappa shape index (κ1) is 11.6. The number of aromatic nitrogens is 2. The molecule has 1 rings (SSSR count). The second-order valence-corrected chi connectivity index (χ2v) is 4.55. The monoisotopic (exact) mass is 206 g/mol. The lowest BCUT2D eigenvalue weighted by atomic mass is 9.95. The summed E-state index contributed by atoms with van der Waals surface area (Å²) in [5.74, 6) is 1.41. The molecule has 0 aliphatic rings. The highest BCUT2D eigenvalue weighted by molar-refractivity contribution is 5.85. The van der Waals surface area contributed by atoms with Crippen molar-refractivity contribution in [2.75, 3.05) is 0 Å². The van der Waals surface area contributed by atoms with E-state index < -0.39 is 0 Å². The predicted molar refractivity (Wildman–Crippen MR) is 61.6 cm³/mol. The second-order valence-electron chi connectivity index (χ2n) is 4.55. The Bertz CT molecular complexity index is 363. The van der Waals surface area contributed by atoms with Crippen molar-refractivity contribution in [2.24, 2.45) is 16.1 Å². The van der Waals surface area contributed by atoms with E-state index in [2.05, 4.69) is 15.0 Å². The maximum absolute atomic E-state index is 5.84. The van der Waals surface area contributed by atoms with Gasteiger partial charge in [0.25, 0.3) is 0 Å². The molecule has 0 bridgehead atoms. The minimum absolute atomic E-state index is 0.0813. The summed E-state index contributed by atoms with van der Waals surface area (Å²) in [6, 6.07) is 1.85. The van der Waals surface area contributed by atoms with Gasteiger partial charge in [0.15, 0.2) is 0 Å². The smallest absolute Gasteiger partial charge is 0.125 e. The number of nitrogens with zero attached hydrogens (tertiary/aromatic N) is 3. The first-order chi connectivity index (χ1) is 6.89. The van der Waals surface area contributed by atoms with Gasteiger partial charge >= 0.3 is 0 Å². The van der Waals surface area contributed by atoms with E-state index in [0.29, 0.717) is 12.4 Å². The maximum Gasteiger partial charge on any atom is 0.125 e. The van der Waals surface area contributed by atoms with Crippen LogP contribution >= 0.6 is 0 Å². The Hall–Kier alpha value is -1.45. The zero-order valence-corrected chi connectivity index (χ0v) is 9.78. The maximum atomic E-state index is 5.84. The quantitative estimate of drug-likeness (QED) is 0.591. The molecule has 0 fully saturated rings. The standard InChI is InChI=1S/C11H18N4/c1-8-13-6-5-9(15-8)7-14-10(12)11(2,3)4/h5-6H,7H2,1-4H3,(H2,12,14). The van der Waals surface area contributed by atoms with Gasteiger partial charge in [-0.2, -0.15) is 0 Å². The third-order valence-corrected chi connectivity index (χ3v) is 2.01. The van der Waals surface area contributed by atoms with E-state index in [1.165, 1.54) is 0 Å². The van der Waals surface area contributed by atoms with Gasteiger partial charge in [-0.3, -0.25) is 4.99 Å². The van der Waals surface area contributed by atoms with Gasteiger partial charge in [-0.15, -0.1) is 0 Å². The molecular formula is C11H18N4. The van der Waals surface area contributed by atoms with E-state index in [1.807, 2.05) is 33.8 Å². The van der Waals surface area contributed by atoms with E-state index in [1.54, 1.807) is 6.20 Å². The largest absolute Gasteiger partial charge is 0.387 e. The number of rotatable bonds is 2. The lowest BCUT2D eigenvalue weighted by Crippen LogP contribution is -2.29. The van der Waals surface area contributed by atoms with Gasteiger partial charge in [0.05, 0.1) is 18.1 Å². The molecule has 0 saturated carbocycles. The summed E-state index contributed by atoms with van der Waals surface area (Å²) in [7, 11) is 0. The Morgan fingerprint density at radius 2 is 2.13 bits per heavy atom. The lowest BCUT2D eigenvalue weighted by Gasteiger charge is -2.17. The van der Waals surface area contributed by atoms with E-state index in [-0.39, 0.29) is 5.41 Å². The highest BCUT2D eigenvalue weighted by Crippen LogP contribution is 2.13. The van der Waals surface area contributed by atoms with Crippen molar-refractivity contribution in [1.82, 2.24) is 9.97 Å². The van der Waals surface area contributed by atoms with E-state index in [0.717, 1.165) is 11.5 Å². The molecule has 0 saturated heterocycles. The van der Waals surface area contributed by atoms with Gasteiger partial charge < -0.3 is 5.73 Å². The van der Waals surface area contributed by atoms with Crippen LogP contribution in [0.3, 0.4) is 0 Å². The summed E-state index contributed by atoms with van der Waals surface area (Å²) in [6.45, 7) is 8.50. The van der Waals surface area contributed by atoms with Crippen LogP contribution in [0.15, 0.2) is 17.3 Å². The number of hydrogen-bond acceptors (Lipinski definition) is 3. The van der Waals surface area contributed by atoms with Crippen molar-refractivity contribution in [3.63, 3.8) is 0 Å². The summed E-state index contributed by atoms with van der Waals surface area (Å²) in [6.07, 6.45) is 1.74. The van der Waals surface area contributed by atoms with Crippen LogP contribution < -0.4 is 5.73 Å². The number of aryl methyl sites for hydroxylation is 1. The van der Waals surface area contributed by atoms with Crippen LogP contribution in [0.4, 0.5) is 0 Å². The van der Waals surface area contributed by atoms with Gasteiger partial charge in [-0.05, 0) is 13.0 Å². The fourth-order valence-electron chi connectivity index (χ4n) is 0.997. The number of nitrogens with two attached hydrogens (primary N) is 1. The van der Waals surface area contributed by atoms with Gasteiger partial charge in [0.1, 0.15) is 5.82 Å². The zero-order chi connectivity index (χ0) is 11.5. The minimum Gasteiger partial charge on any atom is -0.387 e. The fourth-order valence-corrected chi connectivity index (χ4v) is 0.997. The summed E-state index contributed by atoms with van der Waals surface area (Å²) >= 11 is 0. The molecule has 0 radical (unpaired) electrons. The average Bonchev–Trinajstić information content (AvgIpc) is 2.12. The van der Waals surface area contributed by atoms with E-state index in [4.69, 9.17) is 5.73 Å². The topological polar surface area (TPSA) is 64.2 Å². The molecule has 1 aromatic heterocycles. The molecule has 0 aromatic carbocycles. The predicted octanol–water partition coefficient (Wildman–Crippen LogP) is 1.69. The van der Waals surface area contributed by atoms with Crippen LogP contribution in [0.2, 0.25) is 0 Å². The molecule has 0 amide bonds. The first-order valence-electron chi connectivity index (χ1n) is 4.98. The summed E-state index contributed by atoms with van der Waals surface area (Å²) in [4.78, 5) is 12.6. The third kappa shape index (κ3) is 3.65. The molecule has 1 heterocycles. The molecule has 15 heavy (non-hydrogen) atoms. The normalized spacial score (nSPS) is 12.9. The molecule has 0 atom stereocenters. The molecular weight excluding hydrogens is 188 g/mol. The summed E-state index contributed by atoms with van der Waals surface area (Å²) in [5.41, 5.74) is 6.66. The lowest BCUT2D eigenvalue weighted by molar-refractivity contribution is 0.581. The van der Waals surface area contributed by atoms with Crippen molar-refractivity contribution in [3.05, 3.63) is 23.8 Å². The van der Waals surface area contributed by atoms with E-state index in [9.17, 15) is 0 Å². The number of amidine groups is 1. The van der Waals surface area contributed by atoms with Crippen molar-refractivity contribution < 1.29 is 0 Å². The summed E-state index contributed by atoms with van der Waals surface area (Å²) in [5, 5.41) is 0. The van der Waals surface area contributed by atoms with Crippen LogP contribution in [0, 0.1) is 12.3 Å². The first-order valence-corrected chi connectivity index (χ1v) is 4.98. The Kier molecular flexibility index (Phi) is 3.39. The highest BCUT2D eigenvalue weighted by Gasteiger charge is 2.14. The SMILES string of the molecule is Cc1nccc(CN=C(N)C(C)(C)C)n1. The molecule has 1 aromatic rings. The van der Waals surface area contributed by atoms with Crippen molar-refractivity contribution in [2.45, 2.75) is 34.2 Å². The van der Waals surface area contributed by atoms with Crippen molar-refractivity contribution in [1.29, 1.82) is 0 Å². The van der Waals surface area contributed by atoms with Crippen molar-refractivity contribution >= 4 is 5.84 Å². The van der Waals surface area contributed by atoms with Crippen LogP contribution in [-0.2, 0) is 6.54 Å². The number of hydrogen-bond donors (Lipinski definition) is 1. The van der Waals surface area contributed by atoms with Gasteiger partial charge in [0.2, 0.25) is 0 Å². The van der Waals surface area contributed by atoms with Gasteiger partial charge in [-0.1, -0.05) is 20.8 Å². The molecule has 0 spiro atoms. The van der Waals surface area contributed by atoms with Gasteiger partial charge in [0, 0.05) is 11.6 Å². The van der Waals surface area contributed by atoms with E-state index >= 15 is 0 Å². The Labute approximate surface area is 90.7 Å². The molecule has 4 nitrogen and oxygen atoms in total. The van der Waals surface area contributed by atoms with Crippen molar-refractivity contribution in [3.8, 4) is 0 Å². The molecule has 2 N–H and O–H groups in total. The molecule has 0 aliphatic heterocycles. The van der Waals surface area contributed by atoms with Crippen LogP contribution in [0.1, 0.15) is 32.3 Å². The molecule has 0 unspecified atom stereocenters. The summed E-state index contributed by atoms with van der Waals surface area (Å²) < 4.78 is 0. The van der Waals surface area contributed by atoms with Crippen LogP contribution in [0.25, 0.3) is 0 Å². The highest BCUT2D eigenvalue weighted by atomic mass is 14.9. The van der Waals surface area contributed by atoms with Crippen LogP contribution in [0.5, 0.6) is 0 Å². The number of aliphatic imine (C=N–C) groups is 1. The fraction of sp³-hybridized carbons (Fsp3) is 0.545. The Balaban J connectivity index is 2.72. The average molecular weight is 206 g/mol.